The van der Waals surface area contributed by atoms with Crippen molar-refractivity contribution in [1.82, 2.24) is 14.5 Å². The number of benzene rings is 1. The smallest absolute Gasteiger partial charge is 0.111 e. The van der Waals surface area contributed by atoms with E-state index in [1.54, 1.807) is 0 Å². The van der Waals surface area contributed by atoms with Gasteiger partial charge in [-0.05, 0) is 51.1 Å². The SMILES string of the molecule is Cc1ccc2nc(CCCl)n(C3CCCN(C)C3)c2c1. The fraction of sp³-hybridized carbons (Fsp3) is 0.562. The quantitative estimate of drug-likeness (QED) is 0.808. The monoisotopic (exact) mass is 291 g/mol. The van der Waals surface area contributed by atoms with E-state index >= 15 is 0 Å². The van der Waals surface area contributed by atoms with Gasteiger partial charge in [-0.2, -0.15) is 0 Å². The first kappa shape index (κ1) is 13.9. The summed E-state index contributed by atoms with van der Waals surface area (Å²) in [5.74, 6) is 1.77. The lowest BCUT2D eigenvalue weighted by atomic mass is 10.1. The molecule has 1 aliphatic rings. The molecule has 1 aromatic heterocycles. The van der Waals surface area contributed by atoms with Crippen LogP contribution in [0.25, 0.3) is 11.0 Å². The molecule has 2 heterocycles. The third-order valence-electron chi connectivity index (χ3n) is 4.20. The highest BCUT2D eigenvalue weighted by Gasteiger charge is 2.23. The Kier molecular flexibility index (Phi) is 3.99. The molecule has 1 unspecified atom stereocenters. The van der Waals surface area contributed by atoms with Crippen molar-refractivity contribution in [3.8, 4) is 0 Å². The van der Waals surface area contributed by atoms with Gasteiger partial charge in [-0.25, -0.2) is 4.98 Å². The lowest BCUT2D eigenvalue weighted by Crippen LogP contribution is -2.34. The van der Waals surface area contributed by atoms with E-state index in [1.165, 1.54) is 30.5 Å². The Morgan fingerprint density at radius 3 is 3.00 bits per heavy atom. The minimum atomic E-state index is 0.527. The topological polar surface area (TPSA) is 21.1 Å². The zero-order valence-corrected chi connectivity index (χ0v) is 13.0. The number of aromatic nitrogens is 2. The summed E-state index contributed by atoms with van der Waals surface area (Å²) < 4.78 is 2.44. The average molecular weight is 292 g/mol. The number of alkyl halides is 1. The van der Waals surface area contributed by atoms with E-state index in [9.17, 15) is 0 Å². The maximum atomic E-state index is 5.97. The first-order chi connectivity index (χ1) is 9.69. The number of fused-ring (bicyclic) bond motifs is 1. The predicted molar refractivity (Wildman–Crippen MR) is 84.7 cm³/mol. The van der Waals surface area contributed by atoms with Gasteiger partial charge < -0.3 is 9.47 Å². The molecule has 1 saturated heterocycles. The van der Waals surface area contributed by atoms with Crippen molar-refractivity contribution >= 4 is 22.6 Å². The van der Waals surface area contributed by atoms with Gasteiger partial charge in [-0.15, -0.1) is 11.6 Å². The number of halogens is 1. The van der Waals surface area contributed by atoms with Crippen LogP contribution in [-0.4, -0.2) is 40.5 Å². The maximum Gasteiger partial charge on any atom is 0.111 e. The summed E-state index contributed by atoms with van der Waals surface area (Å²) in [5.41, 5.74) is 3.66. The second-order valence-electron chi connectivity index (χ2n) is 5.89. The van der Waals surface area contributed by atoms with Crippen molar-refractivity contribution in [2.24, 2.45) is 0 Å². The van der Waals surface area contributed by atoms with E-state index in [-0.39, 0.29) is 0 Å². The molecule has 1 fully saturated rings. The number of rotatable bonds is 3. The zero-order valence-electron chi connectivity index (χ0n) is 12.3. The molecule has 0 amide bonds. The van der Waals surface area contributed by atoms with Crippen LogP contribution in [0.3, 0.4) is 0 Å². The largest absolute Gasteiger partial charge is 0.324 e. The van der Waals surface area contributed by atoms with Crippen LogP contribution in [-0.2, 0) is 6.42 Å². The normalized spacial score (nSPS) is 20.6. The Balaban J connectivity index is 2.09. The summed E-state index contributed by atoms with van der Waals surface area (Å²) in [4.78, 5) is 7.22. The number of hydrogen-bond acceptors (Lipinski definition) is 2. The van der Waals surface area contributed by atoms with Crippen molar-refractivity contribution < 1.29 is 0 Å². The van der Waals surface area contributed by atoms with Gasteiger partial charge in [0, 0.05) is 24.9 Å². The number of likely N-dealkylation sites (tertiary alicyclic amines) is 1. The molecular formula is C16H22ClN3. The molecule has 2 aromatic rings. The first-order valence-electron chi connectivity index (χ1n) is 7.41. The van der Waals surface area contributed by atoms with Crippen LogP contribution in [0.2, 0.25) is 0 Å². The summed E-state index contributed by atoms with van der Waals surface area (Å²) in [7, 11) is 2.21. The standard InChI is InChI=1S/C16H22ClN3/c1-12-5-6-14-15(10-12)20(16(18-14)7-8-17)13-4-3-9-19(2)11-13/h5-6,10,13H,3-4,7-9,11H2,1-2H3. The molecule has 1 aromatic carbocycles. The van der Waals surface area contributed by atoms with Crippen molar-refractivity contribution in [1.29, 1.82) is 0 Å². The molecule has 3 rings (SSSR count). The molecule has 0 spiro atoms. The summed E-state index contributed by atoms with van der Waals surface area (Å²) in [6, 6.07) is 7.05. The molecule has 3 nitrogen and oxygen atoms in total. The summed E-state index contributed by atoms with van der Waals surface area (Å²) in [6.45, 7) is 4.45. The van der Waals surface area contributed by atoms with Gasteiger partial charge in [0.2, 0.25) is 0 Å². The molecule has 0 radical (unpaired) electrons. The van der Waals surface area contributed by atoms with Crippen LogP contribution < -0.4 is 0 Å². The highest BCUT2D eigenvalue weighted by Crippen LogP contribution is 2.28. The van der Waals surface area contributed by atoms with Crippen molar-refractivity contribution in [3.05, 3.63) is 29.6 Å². The van der Waals surface area contributed by atoms with Crippen LogP contribution in [0.4, 0.5) is 0 Å². The van der Waals surface area contributed by atoms with E-state index in [0.717, 1.165) is 24.3 Å². The van der Waals surface area contributed by atoms with Gasteiger partial charge >= 0.3 is 0 Å². The average Bonchev–Trinajstić information content (AvgIpc) is 2.76. The van der Waals surface area contributed by atoms with Crippen LogP contribution >= 0.6 is 11.6 Å². The Labute approximate surface area is 125 Å². The molecule has 0 saturated carbocycles. The number of nitrogens with zero attached hydrogens (tertiary/aromatic N) is 3. The van der Waals surface area contributed by atoms with Crippen LogP contribution in [0.15, 0.2) is 18.2 Å². The summed E-state index contributed by atoms with van der Waals surface area (Å²) >= 11 is 5.97. The number of hydrogen-bond donors (Lipinski definition) is 0. The molecule has 0 N–H and O–H groups in total. The van der Waals surface area contributed by atoms with E-state index in [4.69, 9.17) is 16.6 Å². The third kappa shape index (κ3) is 2.57. The van der Waals surface area contributed by atoms with Gasteiger partial charge in [-0.3, -0.25) is 0 Å². The Morgan fingerprint density at radius 1 is 1.40 bits per heavy atom. The fourth-order valence-electron chi connectivity index (χ4n) is 3.27. The summed E-state index contributed by atoms with van der Waals surface area (Å²) in [6.07, 6.45) is 3.33. The number of imidazole rings is 1. The van der Waals surface area contributed by atoms with Gasteiger partial charge in [0.25, 0.3) is 0 Å². The van der Waals surface area contributed by atoms with E-state index in [1.807, 2.05) is 0 Å². The van der Waals surface area contributed by atoms with Crippen molar-refractivity contribution in [2.75, 3.05) is 26.0 Å². The van der Waals surface area contributed by atoms with Crippen LogP contribution in [0.5, 0.6) is 0 Å². The molecule has 20 heavy (non-hydrogen) atoms. The van der Waals surface area contributed by atoms with E-state index in [0.29, 0.717) is 11.9 Å². The highest BCUT2D eigenvalue weighted by atomic mass is 35.5. The van der Waals surface area contributed by atoms with Crippen molar-refractivity contribution in [2.45, 2.75) is 32.2 Å². The Morgan fingerprint density at radius 2 is 2.25 bits per heavy atom. The Hall–Kier alpha value is -1.06. The third-order valence-corrected chi connectivity index (χ3v) is 4.39. The first-order valence-corrected chi connectivity index (χ1v) is 7.94. The Bertz CT molecular complexity index is 605. The summed E-state index contributed by atoms with van der Waals surface area (Å²) in [5, 5.41) is 0. The molecule has 0 bridgehead atoms. The van der Waals surface area contributed by atoms with Gasteiger partial charge in [0.15, 0.2) is 0 Å². The lowest BCUT2D eigenvalue weighted by Gasteiger charge is -2.32. The zero-order chi connectivity index (χ0) is 14.1. The molecular weight excluding hydrogens is 270 g/mol. The van der Waals surface area contributed by atoms with Crippen LogP contribution in [0, 0.1) is 6.92 Å². The second kappa shape index (κ2) is 5.74. The minimum Gasteiger partial charge on any atom is -0.324 e. The number of piperidine rings is 1. The molecule has 108 valence electrons. The van der Waals surface area contributed by atoms with Gasteiger partial charge in [-0.1, -0.05) is 6.07 Å². The van der Waals surface area contributed by atoms with Gasteiger partial charge in [0.1, 0.15) is 5.82 Å². The predicted octanol–water partition coefficient (Wildman–Crippen LogP) is 3.39. The fourth-order valence-corrected chi connectivity index (χ4v) is 3.44. The lowest BCUT2D eigenvalue weighted by molar-refractivity contribution is 0.212. The molecule has 4 heteroatoms. The van der Waals surface area contributed by atoms with E-state index < -0.39 is 0 Å². The van der Waals surface area contributed by atoms with E-state index in [2.05, 4.69) is 41.6 Å². The number of aryl methyl sites for hydroxylation is 2. The second-order valence-corrected chi connectivity index (χ2v) is 6.27. The van der Waals surface area contributed by atoms with Gasteiger partial charge in [0.05, 0.1) is 11.0 Å². The maximum absolute atomic E-state index is 5.97. The minimum absolute atomic E-state index is 0.527. The van der Waals surface area contributed by atoms with Crippen molar-refractivity contribution in [3.63, 3.8) is 0 Å². The highest BCUT2D eigenvalue weighted by molar-refractivity contribution is 6.17. The molecule has 1 aliphatic heterocycles. The molecule has 0 aliphatic carbocycles. The molecule has 1 atom stereocenters. The van der Waals surface area contributed by atoms with Crippen LogP contribution in [0.1, 0.15) is 30.3 Å². The number of likely N-dealkylation sites (N-methyl/N-ethyl adjacent to an activating group) is 1.